The third kappa shape index (κ3) is 4.87. The van der Waals surface area contributed by atoms with Crippen LogP contribution in [-0.4, -0.2) is 56.7 Å². The highest BCUT2D eigenvalue weighted by molar-refractivity contribution is 5.95. The van der Waals surface area contributed by atoms with Gasteiger partial charge < -0.3 is 15.1 Å². The average molecular weight is 468 g/mol. The molecule has 178 valence electrons. The molecule has 0 unspecified atom stereocenters. The number of carbonyl (C=O) groups excluding carboxylic acids is 1. The summed E-state index contributed by atoms with van der Waals surface area (Å²) in [5.74, 6) is 1.45. The summed E-state index contributed by atoms with van der Waals surface area (Å²) >= 11 is 0. The second-order valence-electron chi connectivity index (χ2n) is 8.86. The molecule has 5 rings (SSSR count). The van der Waals surface area contributed by atoms with Crippen LogP contribution in [0, 0.1) is 20.8 Å². The molecule has 8 heteroatoms. The van der Waals surface area contributed by atoms with Crippen LogP contribution in [0.2, 0.25) is 0 Å². The van der Waals surface area contributed by atoms with Crippen molar-refractivity contribution < 1.29 is 4.79 Å². The fourth-order valence-electron chi connectivity index (χ4n) is 4.27. The minimum absolute atomic E-state index is 0.0104. The Morgan fingerprint density at radius 2 is 1.60 bits per heavy atom. The van der Waals surface area contributed by atoms with E-state index in [1.807, 2.05) is 72.0 Å². The molecule has 0 aliphatic carbocycles. The molecule has 1 aliphatic heterocycles. The van der Waals surface area contributed by atoms with Gasteiger partial charge in [-0.3, -0.25) is 4.79 Å². The quantitative estimate of drug-likeness (QED) is 0.472. The summed E-state index contributed by atoms with van der Waals surface area (Å²) in [5.41, 5.74) is 5.52. The van der Waals surface area contributed by atoms with Crippen LogP contribution in [0.25, 0.3) is 5.69 Å². The molecule has 4 aromatic rings. The lowest BCUT2D eigenvalue weighted by molar-refractivity contribution is 0.0745. The van der Waals surface area contributed by atoms with Crippen molar-refractivity contribution in [3.8, 4) is 5.69 Å². The van der Waals surface area contributed by atoms with Crippen LogP contribution in [0.4, 0.5) is 17.5 Å². The zero-order valence-electron chi connectivity index (χ0n) is 20.3. The number of aromatic nitrogens is 4. The number of carbonyl (C=O) groups is 1. The minimum Gasteiger partial charge on any atom is -0.340 e. The van der Waals surface area contributed by atoms with E-state index in [1.165, 1.54) is 5.56 Å². The normalized spacial score (nSPS) is 13.7. The lowest BCUT2D eigenvalue weighted by atomic mass is 10.2. The standard InChI is InChI=1S/C27H29N7O/c1-19-9-11-22(12-10-19)30-25-17-20(2)29-27(31-25)33-15-13-32(14-16-33)26(35)24-18-28-34(21(24)3)23-7-5-4-6-8-23/h4-12,17-18H,13-16H2,1-3H3,(H,29,30,31). The SMILES string of the molecule is Cc1ccc(Nc2cc(C)nc(N3CCN(C(=O)c4cnn(-c5ccccc5)c4C)CC3)n2)cc1. The van der Waals surface area contributed by atoms with E-state index in [-0.39, 0.29) is 5.91 Å². The number of hydrogen-bond acceptors (Lipinski definition) is 6. The first-order chi connectivity index (χ1) is 17.0. The van der Waals surface area contributed by atoms with Gasteiger partial charge in [-0.15, -0.1) is 0 Å². The molecule has 0 saturated carbocycles. The van der Waals surface area contributed by atoms with Crippen LogP contribution in [0.1, 0.15) is 27.3 Å². The summed E-state index contributed by atoms with van der Waals surface area (Å²) in [6.07, 6.45) is 1.67. The van der Waals surface area contributed by atoms with Gasteiger partial charge in [-0.05, 0) is 45.0 Å². The van der Waals surface area contributed by atoms with Crippen molar-refractivity contribution in [2.75, 3.05) is 36.4 Å². The van der Waals surface area contributed by atoms with Crippen LogP contribution in [0.5, 0.6) is 0 Å². The molecule has 35 heavy (non-hydrogen) atoms. The Morgan fingerprint density at radius 1 is 0.886 bits per heavy atom. The van der Waals surface area contributed by atoms with Crippen molar-refractivity contribution in [3.05, 3.63) is 89.4 Å². The van der Waals surface area contributed by atoms with Crippen LogP contribution in [-0.2, 0) is 0 Å². The summed E-state index contributed by atoms with van der Waals surface area (Å²) in [6, 6.07) is 20.0. The van der Waals surface area contributed by atoms with E-state index in [0.717, 1.165) is 28.6 Å². The molecule has 1 saturated heterocycles. The van der Waals surface area contributed by atoms with Gasteiger partial charge in [-0.2, -0.15) is 10.1 Å². The largest absolute Gasteiger partial charge is 0.340 e. The molecular formula is C27H29N7O. The third-order valence-corrected chi connectivity index (χ3v) is 6.26. The van der Waals surface area contributed by atoms with E-state index in [0.29, 0.717) is 37.7 Å². The molecule has 1 amide bonds. The Hall–Kier alpha value is -4.20. The van der Waals surface area contributed by atoms with Crippen LogP contribution < -0.4 is 10.2 Å². The number of amides is 1. The van der Waals surface area contributed by atoms with E-state index in [1.54, 1.807) is 6.20 Å². The summed E-state index contributed by atoms with van der Waals surface area (Å²) in [5, 5.41) is 7.83. The predicted octanol–water partition coefficient (Wildman–Crippen LogP) is 4.29. The van der Waals surface area contributed by atoms with Gasteiger partial charge in [0.25, 0.3) is 5.91 Å². The molecule has 0 spiro atoms. The molecular weight excluding hydrogens is 438 g/mol. The zero-order chi connectivity index (χ0) is 24.4. The summed E-state index contributed by atoms with van der Waals surface area (Å²) in [4.78, 5) is 26.7. The number of piperazine rings is 1. The number of nitrogens with one attached hydrogen (secondary N) is 1. The first kappa shape index (κ1) is 22.6. The maximum absolute atomic E-state index is 13.3. The highest BCUT2D eigenvalue weighted by atomic mass is 16.2. The van der Waals surface area contributed by atoms with Gasteiger partial charge in [-0.1, -0.05) is 35.9 Å². The molecule has 0 bridgehead atoms. The Kier molecular flexibility index (Phi) is 6.18. The molecule has 0 atom stereocenters. The second kappa shape index (κ2) is 9.58. The molecule has 1 fully saturated rings. The lowest BCUT2D eigenvalue weighted by Gasteiger charge is -2.35. The second-order valence-corrected chi connectivity index (χ2v) is 8.86. The number of benzene rings is 2. The Labute approximate surface area is 205 Å². The zero-order valence-corrected chi connectivity index (χ0v) is 20.3. The number of aryl methyl sites for hydroxylation is 2. The van der Waals surface area contributed by atoms with E-state index in [9.17, 15) is 4.79 Å². The third-order valence-electron chi connectivity index (χ3n) is 6.26. The molecule has 1 N–H and O–H groups in total. The highest BCUT2D eigenvalue weighted by Crippen LogP contribution is 2.21. The molecule has 3 heterocycles. The topological polar surface area (TPSA) is 79.2 Å². The van der Waals surface area contributed by atoms with Crippen molar-refractivity contribution in [1.29, 1.82) is 0 Å². The van der Waals surface area contributed by atoms with E-state index in [4.69, 9.17) is 4.98 Å². The molecule has 1 aliphatic rings. The van der Waals surface area contributed by atoms with E-state index >= 15 is 0 Å². The molecule has 2 aromatic carbocycles. The summed E-state index contributed by atoms with van der Waals surface area (Å²) in [6.45, 7) is 8.53. The minimum atomic E-state index is 0.0104. The van der Waals surface area contributed by atoms with Crippen LogP contribution >= 0.6 is 0 Å². The van der Waals surface area contributed by atoms with Crippen molar-refractivity contribution in [3.63, 3.8) is 0 Å². The fourth-order valence-corrected chi connectivity index (χ4v) is 4.27. The number of para-hydroxylation sites is 1. The monoisotopic (exact) mass is 467 g/mol. The van der Waals surface area contributed by atoms with Gasteiger partial charge in [-0.25, -0.2) is 9.67 Å². The van der Waals surface area contributed by atoms with Crippen molar-refractivity contribution in [2.45, 2.75) is 20.8 Å². The lowest BCUT2D eigenvalue weighted by Crippen LogP contribution is -2.49. The fraction of sp³-hybridized carbons (Fsp3) is 0.259. The first-order valence-electron chi connectivity index (χ1n) is 11.8. The van der Waals surface area contributed by atoms with Crippen molar-refractivity contribution in [1.82, 2.24) is 24.6 Å². The molecule has 2 aromatic heterocycles. The maximum Gasteiger partial charge on any atom is 0.257 e. The van der Waals surface area contributed by atoms with Gasteiger partial charge >= 0.3 is 0 Å². The van der Waals surface area contributed by atoms with Crippen molar-refractivity contribution in [2.24, 2.45) is 0 Å². The highest BCUT2D eigenvalue weighted by Gasteiger charge is 2.26. The smallest absolute Gasteiger partial charge is 0.257 e. The number of anilines is 3. The number of rotatable bonds is 5. The van der Waals surface area contributed by atoms with Crippen LogP contribution in [0.3, 0.4) is 0 Å². The Bertz CT molecular complexity index is 1320. The average Bonchev–Trinajstić information content (AvgIpc) is 3.26. The summed E-state index contributed by atoms with van der Waals surface area (Å²) in [7, 11) is 0. The van der Waals surface area contributed by atoms with Crippen molar-refractivity contribution >= 4 is 23.4 Å². The van der Waals surface area contributed by atoms with Gasteiger partial charge in [0.05, 0.1) is 23.1 Å². The van der Waals surface area contributed by atoms with Gasteiger partial charge in [0, 0.05) is 43.6 Å². The molecule has 8 nitrogen and oxygen atoms in total. The van der Waals surface area contributed by atoms with Gasteiger partial charge in [0.15, 0.2) is 0 Å². The van der Waals surface area contributed by atoms with Gasteiger partial charge in [0.2, 0.25) is 5.95 Å². The van der Waals surface area contributed by atoms with E-state index in [2.05, 4.69) is 39.4 Å². The van der Waals surface area contributed by atoms with Gasteiger partial charge in [0.1, 0.15) is 5.82 Å². The number of hydrogen-bond donors (Lipinski definition) is 1. The summed E-state index contributed by atoms with van der Waals surface area (Å²) < 4.78 is 1.81. The van der Waals surface area contributed by atoms with E-state index < -0.39 is 0 Å². The maximum atomic E-state index is 13.3. The Morgan fingerprint density at radius 3 is 2.31 bits per heavy atom. The van der Waals surface area contributed by atoms with Crippen LogP contribution in [0.15, 0.2) is 66.9 Å². The first-order valence-corrected chi connectivity index (χ1v) is 11.8. The number of nitrogens with zero attached hydrogens (tertiary/aromatic N) is 6. The molecule has 0 radical (unpaired) electrons. The Balaban J connectivity index is 1.26. The predicted molar refractivity (Wildman–Crippen MR) is 138 cm³/mol.